The Bertz CT molecular complexity index is 5710. The zero-order chi connectivity index (χ0) is 111. The molecule has 2 atom stereocenters. The van der Waals surface area contributed by atoms with E-state index in [2.05, 4.69) is 125 Å². The first kappa shape index (κ1) is 124. The SMILES string of the molecule is CC(C)(COC1CCC(c2ccc(-c3nc(C(F)(F)F)cn3COCC[Si](C)(C)C)cn2)CC1)C(=O)O.CC(C)(CO[C@H]1CC=C(c2ccc(-c3nc(C(F)(F)F)cn3COCC[Si](C)(C)C)cn2)CC1)C(=O)O.COC(=O)C(C)(C)COC1CC=C(c2ccc(-c3nc(C(F)(F)F)cn3COCC[Si](C)(C)C)cn2)CC1.COC(=O)C(C)(C)COC1CCC(c2ccc(-c3nc(C(F)(F)F)cn3COCC[Si](C)(C)C)cn2)CC1. The summed E-state index contributed by atoms with van der Waals surface area (Å²) < 4.78 is 222. The standard InChI is InChI=1S/C27H40F3N3O4Si.C27H38F3N3O4Si.C26H38F3N3O4Si.C26H36F3N3O4Si/c2*1-26(2,25(34)35-3)17-37-21-10-7-19(8-11-21)22-12-9-20(15-31-22)24-32-23(27(28,29)30)16-33(24)18-36-13-14-38(4,5)6;2*1-25(2,24(33)34)16-36-20-9-6-18(7-10-20)21-11-8-19(14-30-21)23-31-22(26(27,28)29)15-32(23)17-35-12-13-37(3,4)5/h9,12,15-16,19,21H,7-8,10-11,13-14,17-18H2,1-6H3;7,9,12,15-16,21H,8,10-11,13-14,17-18H2,1-6H3;8,11,14-15,18,20H,6-7,9-10,12-13,16-17H2,1-5H3,(H,33,34);6,8,11,14-15,20H,7,9-10,12-13,16-17H2,1-5H3,(H,33,34)/t;;;20-/m...0/s1. The van der Waals surface area contributed by atoms with E-state index in [1.807, 2.05) is 18.2 Å². The monoisotopic (exact) mass is 2190 g/mol. The number of nitrogens with zero attached hydrogens (tertiary/aromatic N) is 12. The topological polar surface area (TPSA) is 324 Å². The van der Waals surface area contributed by atoms with Gasteiger partial charge in [-0.2, -0.15) is 52.7 Å². The normalized spacial score (nSPS) is 18.0. The van der Waals surface area contributed by atoms with Crippen molar-refractivity contribution in [1.82, 2.24) is 58.1 Å². The largest absolute Gasteiger partial charge is 0.481 e. The molecule has 4 aliphatic carbocycles. The van der Waals surface area contributed by atoms with E-state index in [4.69, 9.17) is 47.4 Å². The Kier molecular flexibility index (Phi) is 43.9. The number of hydrogen-bond acceptors (Lipinski definition) is 22. The minimum Gasteiger partial charge on any atom is -0.481 e. The lowest BCUT2D eigenvalue weighted by atomic mass is 9.84. The van der Waals surface area contributed by atoms with Crippen molar-refractivity contribution in [2.24, 2.45) is 21.7 Å². The maximum atomic E-state index is 13.4. The third-order valence-electron chi connectivity index (χ3n) is 26.2. The molecule has 0 saturated heterocycles. The highest BCUT2D eigenvalue weighted by molar-refractivity contribution is 6.77. The van der Waals surface area contributed by atoms with Crippen LogP contribution in [0.3, 0.4) is 0 Å². The van der Waals surface area contributed by atoms with E-state index in [-0.39, 0.29) is 118 Å². The summed E-state index contributed by atoms with van der Waals surface area (Å²) in [6.07, 6.45) is 7.20. The van der Waals surface area contributed by atoms with E-state index in [9.17, 15) is 82.1 Å². The smallest absolute Gasteiger partial charge is 0.434 e. The van der Waals surface area contributed by atoms with E-state index < -0.39 is 113 Å². The van der Waals surface area contributed by atoms with Crippen LogP contribution in [0.25, 0.3) is 56.7 Å². The molecule has 0 aliphatic heterocycles. The molecule has 8 aromatic rings. The number of rotatable bonds is 44. The van der Waals surface area contributed by atoms with Gasteiger partial charge in [0.05, 0.1) is 98.1 Å². The number of carbonyl (C=O) groups is 4. The zero-order valence-corrected chi connectivity index (χ0v) is 94.6. The second kappa shape index (κ2) is 53.1. The molecule has 2 N–H and O–H groups in total. The average Bonchev–Trinajstić information content (AvgIpc) is 1.66. The van der Waals surface area contributed by atoms with Crippen molar-refractivity contribution in [1.29, 1.82) is 0 Å². The summed E-state index contributed by atoms with van der Waals surface area (Å²) in [4.78, 5) is 79.9. The molecule has 8 heterocycles. The molecule has 1 unspecified atom stereocenters. The Morgan fingerprint density at radius 3 is 0.793 bits per heavy atom. The molecule has 0 radical (unpaired) electrons. The Hall–Kier alpha value is -9.49. The first-order chi connectivity index (χ1) is 69.7. The highest BCUT2D eigenvalue weighted by Gasteiger charge is 2.42. The Balaban J connectivity index is 0.000000222. The number of carboxylic acid groups (broad SMARTS) is 2. The minimum absolute atomic E-state index is 0.00143. The number of allylic oxidation sites excluding steroid dienone is 2. The van der Waals surface area contributed by atoms with Gasteiger partial charge in [0.25, 0.3) is 0 Å². The summed E-state index contributed by atoms with van der Waals surface area (Å²) in [5.41, 5.74) is 0.251. The van der Waals surface area contributed by atoms with Crippen LogP contribution in [-0.4, -0.2) is 216 Å². The van der Waals surface area contributed by atoms with E-state index in [0.29, 0.717) is 74.6 Å². The lowest BCUT2D eigenvalue weighted by Gasteiger charge is -2.31. The number of hydrogen-bond donors (Lipinski definition) is 2. The number of aromatic nitrogens is 12. The average molecular weight is 2190 g/mol. The van der Waals surface area contributed by atoms with Gasteiger partial charge in [-0.25, -0.2) is 19.9 Å². The number of aliphatic carboxylic acids is 2. The Morgan fingerprint density at radius 1 is 0.340 bits per heavy atom. The summed E-state index contributed by atoms with van der Waals surface area (Å²) in [6.45, 7) is 43.2. The fourth-order valence-corrected chi connectivity index (χ4v) is 19.2. The van der Waals surface area contributed by atoms with Crippen molar-refractivity contribution in [3.8, 4) is 45.6 Å². The summed E-state index contributed by atoms with van der Waals surface area (Å²) >= 11 is 0. The number of imidazole rings is 4. The van der Waals surface area contributed by atoms with Gasteiger partial charge >= 0.3 is 48.6 Å². The molecule has 0 spiro atoms. The van der Waals surface area contributed by atoms with Gasteiger partial charge in [0.15, 0.2) is 22.8 Å². The molecule has 0 amide bonds. The van der Waals surface area contributed by atoms with Crippen LogP contribution in [0.4, 0.5) is 52.7 Å². The van der Waals surface area contributed by atoms with Crippen LogP contribution in [0.15, 0.2) is 110 Å². The van der Waals surface area contributed by atoms with Crippen LogP contribution in [0.2, 0.25) is 103 Å². The van der Waals surface area contributed by atoms with E-state index in [0.717, 1.165) is 154 Å². The molecule has 12 rings (SSSR count). The molecule has 2 fully saturated rings. The number of carbonyl (C=O) groups excluding carboxylic acids is 2. The number of esters is 2. The van der Waals surface area contributed by atoms with Crippen molar-refractivity contribution < 1.29 is 129 Å². The molecular formula is C106H152F12N12O16Si4. The third-order valence-corrected chi connectivity index (χ3v) is 33.0. The number of methoxy groups -OCH3 is 2. The van der Waals surface area contributed by atoms with Crippen LogP contribution in [0.1, 0.15) is 203 Å². The quantitative estimate of drug-likeness (QED) is 0.0155. The molecule has 150 heavy (non-hydrogen) atoms. The van der Waals surface area contributed by atoms with Gasteiger partial charge in [-0.3, -0.25) is 39.1 Å². The van der Waals surface area contributed by atoms with Gasteiger partial charge in [-0.1, -0.05) is 90.7 Å². The second-order valence-electron chi connectivity index (χ2n) is 46.4. The highest BCUT2D eigenvalue weighted by Crippen LogP contribution is 2.43. The number of pyridine rings is 4. The summed E-state index contributed by atoms with van der Waals surface area (Å²) in [5, 5.41) is 18.5. The molecule has 832 valence electrons. The molecule has 0 bridgehead atoms. The van der Waals surface area contributed by atoms with Gasteiger partial charge < -0.3 is 75.9 Å². The maximum Gasteiger partial charge on any atom is 0.434 e. The molecule has 4 aliphatic rings. The van der Waals surface area contributed by atoms with Gasteiger partial charge in [-0.05, 0) is 229 Å². The number of carboxylic acids is 2. The Labute approximate surface area is 876 Å². The van der Waals surface area contributed by atoms with Crippen LogP contribution >= 0.6 is 0 Å². The van der Waals surface area contributed by atoms with Crippen LogP contribution in [0, 0.1) is 21.7 Å². The highest BCUT2D eigenvalue weighted by atomic mass is 28.3. The first-order valence-corrected chi connectivity index (χ1v) is 65.8. The zero-order valence-electron chi connectivity index (χ0n) is 90.6. The maximum absolute atomic E-state index is 13.4. The summed E-state index contributed by atoms with van der Waals surface area (Å²) in [7, 11) is -2.52. The summed E-state index contributed by atoms with van der Waals surface area (Å²) in [5.74, 6) is -1.23. The van der Waals surface area contributed by atoms with E-state index in [1.54, 1.807) is 110 Å². The van der Waals surface area contributed by atoms with Crippen molar-refractivity contribution >= 4 is 67.3 Å². The molecule has 2 saturated carbocycles. The van der Waals surface area contributed by atoms with Crippen molar-refractivity contribution in [3.63, 3.8) is 0 Å². The van der Waals surface area contributed by atoms with Crippen LogP contribution < -0.4 is 0 Å². The van der Waals surface area contributed by atoms with Crippen LogP contribution in [-0.2, 0) is 118 Å². The predicted octanol–water partition coefficient (Wildman–Crippen LogP) is 25.7. The van der Waals surface area contributed by atoms with Gasteiger partial charge in [0, 0.05) is 154 Å². The molecule has 8 aromatic heterocycles. The Morgan fingerprint density at radius 2 is 0.587 bits per heavy atom. The number of ether oxygens (including phenoxy) is 10. The molecule has 44 heteroatoms. The minimum atomic E-state index is -4.56. The summed E-state index contributed by atoms with van der Waals surface area (Å²) in [6, 6.07) is 18.0. The van der Waals surface area contributed by atoms with Crippen molar-refractivity contribution in [3.05, 3.63) is 156 Å². The van der Waals surface area contributed by atoms with Gasteiger partial charge in [-0.15, -0.1) is 0 Å². The lowest BCUT2D eigenvalue weighted by Crippen LogP contribution is -2.33. The fourth-order valence-electron chi connectivity index (χ4n) is 16.2. The third kappa shape index (κ3) is 39.2. The van der Waals surface area contributed by atoms with Gasteiger partial charge in [0.2, 0.25) is 0 Å². The van der Waals surface area contributed by atoms with E-state index in [1.165, 1.54) is 38.7 Å². The van der Waals surface area contributed by atoms with Gasteiger partial charge in [0.1, 0.15) is 50.2 Å². The number of alkyl halides is 12. The molecule has 0 aromatic carbocycles. The van der Waals surface area contributed by atoms with Crippen molar-refractivity contribution in [2.75, 3.05) is 67.1 Å². The predicted molar refractivity (Wildman–Crippen MR) is 558 cm³/mol. The van der Waals surface area contributed by atoms with Crippen LogP contribution in [0.5, 0.6) is 0 Å². The fraction of sp³-hybridized carbons (Fsp3) is 0.623. The lowest BCUT2D eigenvalue weighted by molar-refractivity contribution is -0.156. The first-order valence-electron chi connectivity index (χ1n) is 50.9. The number of halogens is 12. The molecule has 28 nitrogen and oxygen atoms in total. The van der Waals surface area contributed by atoms with E-state index >= 15 is 0 Å². The second-order valence-corrected chi connectivity index (χ2v) is 68.9. The van der Waals surface area contributed by atoms with Crippen molar-refractivity contribution in [2.45, 2.75) is 336 Å². The molecular weight excluding hydrogens is 2040 g/mol.